The van der Waals surface area contributed by atoms with Crippen LogP contribution >= 0.6 is 11.8 Å². The first-order valence-corrected chi connectivity index (χ1v) is 10.0. The molecule has 1 aliphatic rings. The van der Waals surface area contributed by atoms with Crippen molar-refractivity contribution in [1.29, 1.82) is 0 Å². The Labute approximate surface area is 131 Å². The molecule has 2 N–H and O–H groups in total. The summed E-state index contributed by atoms with van der Waals surface area (Å²) in [5, 5.41) is 9.83. The monoisotopic (exact) mass is 329 g/mol. The molecule has 2 rings (SSSR count). The average Bonchev–Trinajstić information content (AvgIpc) is 2.47. The van der Waals surface area contributed by atoms with Gasteiger partial charge in [-0.1, -0.05) is 25.0 Å². The van der Waals surface area contributed by atoms with E-state index in [4.69, 9.17) is 0 Å². The molecular formula is C15H23NO3S2. The van der Waals surface area contributed by atoms with Crippen molar-refractivity contribution >= 4 is 21.8 Å². The first-order valence-electron chi connectivity index (χ1n) is 7.27. The SMILES string of the molecule is CSC1CCCCC1NS(=O)(=O)c1ccc(C(C)O)cc1. The molecule has 3 unspecified atom stereocenters. The molecule has 21 heavy (non-hydrogen) atoms. The Morgan fingerprint density at radius 2 is 1.86 bits per heavy atom. The number of thioether (sulfide) groups is 1. The summed E-state index contributed by atoms with van der Waals surface area (Å²) in [5.41, 5.74) is 0.716. The maximum absolute atomic E-state index is 12.5. The molecule has 6 heteroatoms. The van der Waals surface area contributed by atoms with Gasteiger partial charge in [-0.05, 0) is 43.7 Å². The summed E-state index contributed by atoms with van der Waals surface area (Å²) in [6, 6.07) is 6.44. The smallest absolute Gasteiger partial charge is 0.240 e. The lowest BCUT2D eigenvalue weighted by Gasteiger charge is -2.30. The van der Waals surface area contributed by atoms with Gasteiger partial charge in [-0.2, -0.15) is 11.8 Å². The molecule has 0 aliphatic heterocycles. The van der Waals surface area contributed by atoms with E-state index >= 15 is 0 Å². The maximum Gasteiger partial charge on any atom is 0.240 e. The molecule has 0 heterocycles. The Hall–Kier alpha value is -0.560. The lowest BCUT2D eigenvalue weighted by molar-refractivity contribution is 0.199. The number of hydrogen-bond acceptors (Lipinski definition) is 4. The quantitative estimate of drug-likeness (QED) is 0.871. The predicted molar refractivity (Wildman–Crippen MR) is 87.0 cm³/mol. The number of sulfonamides is 1. The summed E-state index contributed by atoms with van der Waals surface area (Å²) in [6.45, 7) is 1.66. The van der Waals surface area contributed by atoms with Crippen LogP contribution in [0.15, 0.2) is 29.2 Å². The van der Waals surface area contributed by atoms with Crippen LogP contribution in [-0.2, 0) is 10.0 Å². The van der Waals surface area contributed by atoms with E-state index in [9.17, 15) is 13.5 Å². The van der Waals surface area contributed by atoms with E-state index in [-0.39, 0.29) is 10.9 Å². The van der Waals surface area contributed by atoms with Crippen LogP contribution < -0.4 is 4.72 Å². The molecule has 118 valence electrons. The van der Waals surface area contributed by atoms with E-state index in [0.29, 0.717) is 10.8 Å². The topological polar surface area (TPSA) is 66.4 Å². The Bertz CT molecular complexity index is 555. The van der Waals surface area contributed by atoms with Gasteiger partial charge in [0, 0.05) is 11.3 Å². The van der Waals surface area contributed by atoms with Crippen LogP contribution in [0.2, 0.25) is 0 Å². The highest BCUT2D eigenvalue weighted by Gasteiger charge is 2.28. The lowest BCUT2D eigenvalue weighted by atomic mass is 9.96. The highest BCUT2D eigenvalue weighted by atomic mass is 32.2. The molecule has 4 nitrogen and oxygen atoms in total. The van der Waals surface area contributed by atoms with E-state index in [1.54, 1.807) is 43.0 Å². The van der Waals surface area contributed by atoms with Crippen molar-refractivity contribution in [3.8, 4) is 0 Å². The van der Waals surface area contributed by atoms with Gasteiger partial charge in [0.25, 0.3) is 0 Å². The fourth-order valence-electron chi connectivity index (χ4n) is 2.71. The van der Waals surface area contributed by atoms with Gasteiger partial charge < -0.3 is 5.11 Å². The zero-order valence-electron chi connectivity index (χ0n) is 12.5. The molecule has 0 amide bonds. The van der Waals surface area contributed by atoms with Crippen LogP contribution in [0, 0.1) is 0 Å². The normalized spacial score (nSPS) is 24.7. The average molecular weight is 329 g/mol. The summed E-state index contributed by atoms with van der Waals surface area (Å²) in [6.07, 6.45) is 5.66. The molecule has 0 saturated heterocycles. The number of nitrogens with one attached hydrogen (secondary N) is 1. The molecule has 1 saturated carbocycles. The molecule has 1 aromatic carbocycles. The summed E-state index contributed by atoms with van der Waals surface area (Å²) in [4.78, 5) is 0.261. The lowest BCUT2D eigenvalue weighted by Crippen LogP contribution is -2.43. The third-order valence-corrected chi connectivity index (χ3v) is 6.66. The Morgan fingerprint density at radius 1 is 1.24 bits per heavy atom. The van der Waals surface area contributed by atoms with Crippen molar-refractivity contribution in [2.45, 2.75) is 54.9 Å². The van der Waals surface area contributed by atoms with Crippen LogP contribution in [0.5, 0.6) is 0 Å². The van der Waals surface area contributed by atoms with Crippen LogP contribution in [-0.4, -0.2) is 31.1 Å². The van der Waals surface area contributed by atoms with Crippen molar-refractivity contribution in [3.05, 3.63) is 29.8 Å². The van der Waals surface area contributed by atoms with Gasteiger partial charge in [-0.3, -0.25) is 0 Å². The summed E-state index contributed by atoms with van der Waals surface area (Å²) >= 11 is 1.74. The van der Waals surface area contributed by atoms with E-state index in [0.717, 1.165) is 19.3 Å². The van der Waals surface area contributed by atoms with Gasteiger partial charge >= 0.3 is 0 Å². The highest BCUT2D eigenvalue weighted by molar-refractivity contribution is 7.99. The number of hydrogen-bond donors (Lipinski definition) is 2. The van der Waals surface area contributed by atoms with Gasteiger partial charge in [0.05, 0.1) is 11.0 Å². The molecule has 3 atom stereocenters. The second kappa shape index (κ2) is 7.13. The second-order valence-corrected chi connectivity index (χ2v) is 8.32. The summed E-state index contributed by atoms with van der Waals surface area (Å²) < 4.78 is 27.8. The number of benzene rings is 1. The minimum absolute atomic E-state index is 0.00944. The first kappa shape index (κ1) is 16.8. The molecule has 0 aromatic heterocycles. The third kappa shape index (κ3) is 4.22. The Balaban J connectivity index is 2.13. The number of rotatable bonds is 5. The Kier molecular flexibility index (Phi) is 5.71. The molecule has 0 radical (unpaired) electrons. The van der Waals surface area contributed by atoms with Gasteiger partial charge in [0.2, 0.25) is 10.0 Å². The molecule has 1 aromatic rings. The van der Waals surface area contributed by atoms with E-state index < -0.39 is 16.1 Å². The largest absolute Gasteiger partial charge is 0.389 e. The van der Waals surface area contributed by atoms with Crippen LogP contribution in [0.3, 0.4) is 0 Å². The van der Waals surface area contributed by atoms with Crippen molar-refractivity contribution in [2.75, 3.05) is 6.26 Å². The molecule has 1 fully saturated rings. The maximum atomic E-state index is 12.5. The zero-order chi connectivity index (χ0) is 15.5. The van der Waals surface area contributed by atoms with Crippen LogP contribution in [0.4, 0.5) is 0 Å². The fraction of sp³-hybridized carbons (Fsp3) is 0.600. The molecule has 1 aliphatic carbocycles. The number of aliphatic hydroxyl groups excluding tert-OH is 1. The van der Waals surface area contributed by atoms with E-state index in [2.05, 4.69) is 4.72 Å². The molecule has 0 spiro atoms. The zero-order valence-corrected chi connectivity index (χ0v) is 14.1. The minimum Gasteiger partial charge on any atom is -0.389 e. The second-order valence-electron chi connectivity index (χ2n) is 5.53. The highest BCUT2D eigenvalue weighted by Crippen LogP contribution is 2.28. The molecular weight excluding hydrogens is 306 g/mol. The summed E-state index contributed by atoms with van der Waals surface area (Å²) in [7, 11) is -3.49. The van der Waals surface area contributed by atoms with Crippen LogP contribution in [0.25, 0.3) is 0 Å². The van der Waals surface area contributed by atoms with Crippen LogP contribution in [0.1, 0.15) is 44.3 Å². The Morgan fingerprint density at radius 3 is 2.43 bits per heavy atom. The first-order chi connectivity index (χ1) is 9.94. The van der Waals surface area contributed by atoms with Gasteiger partial charge in [0.15, 0.2) is 0 Å². The van der Waals surface area contributed by atoms with Crippen molar-refractivity contribution in [1.82, 2.24) is 4.72 Å². The standard InChI is InChI=1S/C15H23NO3S2/c1-11(17)12-7-9-13(10-8-12)21(18,19)16-14-5-3-4-6-15(14)20-2/h7-11,14-17H,3-6H2,1-2H3. The fourth-order valence-corrected chi connectivity index (χ4v) is 5.04. The third-order valence-electron chi connectivity index (χ3n) is 3.98. The van der Waals surface area contributed by atoms with Gasteiger partial charge in [-0.25, -0.2) is 13.1 Å². The van der Waals surface area contributed by atoms with E-state index in [1.807, 2.05) is 6.26 Å². The van der Waals surface area contributed by atoms with Gasteiger partial charge in [0.1, 0.15) is 0 Å². The summed E-state index contributed by atoms with van der Waals surface area (Å²) in [5.74, 6) is 0. The van der Waals surface area contributed by atoms with Crippen molar-refractivity contribution in [2.24, 2.45) is 0 Å². The minimum atomic E-state index is -3.49. The molecule has 0 bridgehead atoms. The van der Waals surface area contributed by atoms with E-state index in [1.165, 1.54) is 6.42 Å². The van der Waals surface area contributed by atoms with Gasteiger partial charge in [-0.15, -0.1) is 0 Å². The van der Waals surface area contributed by atoms with Crippen molar-refractivity contribution in [3.63, 3.8) is 0 Å². The number of aliphatic hydroxyl groups is 1. The van der Waals surface area contributed by atoms with Crippen molar-refractivity contribution < 1.29 is 13.5 Å². The predicted octanol–water partition coefficient (Wildman–Crippen LogP) is 2.69.